The van der Waals surface area contributed by atoms with E-state index in [1.807, 2.05) is 0 Å². The van der Waals surface area contributed by atoms with E-state index in [0.29, 0.717) is 27.5 Å². The Balaban J connectivity index is 2.21. The van der Waals surface area contributed by atoms with Crippen LogP contribution in [-0.2, 0) is 9.53 Å². The van der Waals surface area contributed by atoms with Gasteiger partial charge in [-0.15, -0.1) is 0 Å². The zero-order valence-electron chi connectivity index (χ0n) is 11.7. The predicted molar refractivity (Wildman–Crippen MR) is 81.2 cm³/mol. The first-order valence-corrected chi connectivity index (χ1v) is 7.27. The Kier molecular flexibility index (Phi) is 4.75. The van der Waals surface area contributed by atoms with Gasteiger partial charge in [-0.2, -0.15) is 0 Å². The lowest BCUT2D eigenvalue weighted by Crippen LogP contribution is -2.15. The van der Waals surface area contributed by atoms with Gasteiger partial charge in [0, 0.05) is 23.3 Å². The second-order valence-corrected chi connectivity index (χ2v) is 5.64. The molecule has 21 heavy (non-hydrogen) atoms. The van der Waals surface area contributed by atoms with Gasteiger partial charge in [0.2, 0.25) is 5.78 Å². The van der Waals surface area contributed by atoms with E-state index in [4.69, 9.17) is 4.74 Å². The van der Waals surface area contributed by atoms with E-state index >= 15 is 0 Å². The Hall–Kier alpha value is -2.14. The summed E-state index contributed by atoms with van der Waals surface area (Å²) < 4.78 is 4.81. The Morgan fingerprint density at radius 1 is 1.24 bits per heavy atom. The second-order valence-electron chi connectivity index (χ2n) is 4.36. The molecule has 1 aromatic carbocycles. The summed E-state index contributed by atoms with van der Waals surface area (Å²) in [5.41, 5.74) is 0.815. The number of thioether (sulfide) groups is 1. The van der Waals surface area contributed by atoms with Crippen molar-refractivity contribution in [3.8, 4) is 0 Å². The average molecular weight is 302 g/mol. The number of ether oxygens (including phenoxy) is 1. The van der Waals surface area contributed by atoms with Crippen LogP contribution in [-0.4, -0.2) is 24.1 Å². The molecule has 1 aliphatic carbocycles. The largest absolute Gasteiger partial charge is 0.463 e. The molecule has 5 heteroatoms. The van der Waals surface area contributed by atoms with Crippen molar-refractivity contribution in [1.29, 1.82) is 0 Å². The molecular weight excluding hydrogens is 288 g/mol. The minimum absolute atomic E-state index is 0.198. The van der Waals surface area contributed by atoms with Crippen LogP contribution in [0.1, 0.15) is 34.6 Å². The van der Waals surface area contributed by atoms with Crippen LogP contribution in [0.5, 0.6) is 0 Å². The lowest BCUT2D eigenvalue weighted by atomic mass is 9.95. The van der Waals surface area contributed by atoms with Gasteiger partial charge in [-0.25, -0.2) is 4.79 Å². The van der Waals surface area contributed by atoms with Crippen molar-refractivity contribution in [3.05, 3.63) is 57.4 Å². The van der Waals surface area contributed by atoms with Gasteiger partial charge in [-0.3, -0.25) is 9.59 Å². The van der Waals surface area contributed by atoms with E-state index in [2.05, 4.69) is 0 Å². The van der Waals surface area contributed by atoms with Crippen molar-refractivity contribution in [1.82, 2.24) is 0 Å². The van der Waals surface area contributed by atoms with Gasteiger partial charge >= 0.3 is 5.97 Å². The zero-order valence-corrected chi connectivity index (χ0v) is 12.5. The lowest BCUT2D eigenvalue weighted by Gasteiger charge is -2.14. The van der Waals surface area contributed by atoms with Gasteiger partial charge in [-0.05, 0) is 18.8 Å². The molecule has 0 N–H and O–H groups in total. The Labute approximate surface area is 126 Å². The van der Waals surface area contributed by atoms with E-state index in [0.717, 1.165) is 11.8 Å². The third kappa shape index (κ3) is 3.49. The van der Waals surface area contributed by atoms with Crippen LogP contribution in [0.25, 0.3) is 0 Å². The van der Waals surface area contributed by atoms with Crippen LogP contribution in [0.4, 0.5) is 0 Å². The molecule has 0 aromatic heterocycles. The standard InChI is InChI=1S/C16H14O4S/c1-3-20-15(18)8-10(2)21-14-9-13(17)11-6-4-5-7-12(11)16(14)19/h4-9H,3H2,1-2H3/b10-8-. The molecule has 0 saturated carbocycles. The van der Waals surface area contributed by atoms with Crippen molar-refractivity contribution < 1.29 is 19.1 Å². The predicted octanol–water partition coefficient (Wildman–Crippen LogP) is 3.15. The molecular formula is C16H14O4S. The Morgan fingerprint density at radius 2 is 1.90 bits per heavy atom. The van der Waals surface area contributed by atoms with Crippen LogP contribution < -0.4 is 0 Å². The number of carbonyl (C=O) groups is 3. The van der Waals surface area contributed by atoms with Gasteiger partial charge in [0.1, 0.15) is 0 Å². The number of hydrogen-bond donors (Lipinski definition) is 0. The summed E-state index contributed by atoms with van der Waals surface area (Å²) in [5.74, 6) is -0.860. The summed E-state index contributed by atoms with van der Waals surface area (Å²) in [4.78, 5) is 36.6. The number of fused-ring (bicyclic) bond motifs is 1. The summed E-state index contributed by atoms with van der Waals surface area (Å²) >= 11 is 1.10. The number of hydrogen-bond acceptors (Lipinski definition) is 5. The van der Waals surface area contributed by atoms with Crippen LogP contribution in [0.15, 0.2) is 46.2 Å². The third-order valence-electron chi connectivity index (χ3n) is 2.80. The summed E-state index contributed by atoms with van der Waals surface area (Å²) in [5, 5.41) is 0. The van der Waals surface area contributed by atoms with Crippen molar-refractivity contribution >= 4 is 29.3 Å². The molecule has 108 valence electrons. The van der Waals surface area contributed by atoms with Crippen molar-refractivity contribution in [2.45, 2.75) is 13.8 Å². The molecule has 0 saturated heterocycles. The first kappa shape index (κ1) is 15.3. The highest BCUT2D eigenvalue weighted by atomic mass is 32.2. The molecule has 1 aliphatic rings. The fourth-order valence-electron chi connectivity index (χ4n) is 1.92. The fraction of sp³-hybridized carbons (Fsp3) is 0.188. The maximum atomic E-state index is 12.3. The molecule has 4 nitrogen and oxygen atoms in total. The molecule has 2 rings (SSSR count). The Bertz CT molecular complexity index is 671. The number of benzene rings is 1. The van der Waals surface area contributed by atoms with Crippen molar-refractivity contribution in [2.75, 3.05) is 6.61 Å². The van der Waals surface area contributed by atoms with Crippen LogP contribution in [0, 0.1) is 0 Å². The number of allylic oxidation sites excluding steroid dienone is 3. The van der Waals surface area contributed by atoms with Crippen molar-refractivity contribution in [2.24, 2.45) is 0 Å². The number of Topliss-reactive ketones (excluding diaryl/α,β-unsaturated/α-hetero) is 1. The summed E-state index contributed by atoms with van der Waals surface area (Å²) in [6.45, 7) is 3.71. The lowest BCUT2D eigenvalue weighted by molar-refractivity contribution is -0.137. The molecule has 0 spiro atoms. The topological polar surface area (TPSA) is 60.4 Å². The highest BCUT2D eigenvalue weighted by Crippen LogP contribution is 2.32. The molecule has 0 amide bonds. The van der Waals surface area contributed by atoms with E-state index < -0.39 is 5.97 Å². The minimum Gasteiger partial charge on any atom is -0.463 e. The monoisotopic (exact) mass is 302 g/mol. The van der Waals surface area contributed by atoms with E-state index in [1.54, 1.807) is 38.1 Å². The van der Waals surface area contributed by atoms with E-state index in [1.165, 1.54) is 12.2 Å². The smallest absolute Gasteiger partial charge is 0.331 e. The maximum Gasteiger partial charge on any atom is 0.331 e. The first-order valence-electron chi connectivity index (χ1n) is 6.45. The molecule has 1 aromatic rings. The number of esters is 1. The highest BCUT2D eigenvalue weighted by molar-refractivity contribution is 8.07. The molecule has 0 fully saturated rings. The van der Waals surface area contributed by atoms with Gasteiger partial charge in [0.25, 0.3) is 0 Å². The summed E-state index contributed by atoms with van der Waals surface area (Å²) in [6.07, 6.45) is 2.63. The van der Waals surface area contributed by atoms with E-state index in [-0.39, 0.29) is 11.6 Å². The molecule has 0 bridgehead atoms. The number of carbonyl (C=O) groups excluding carboxylic acids is 3. The first-order chi connectivity index (χ1) is 10.0. The quantitative estimate of drug-likeness (QED) is 0.631. The van der Waals surface area contributed by atoms with Gasteiger partial charge in [0.05, 0.1) is 11.5 Å². The maximum absolute atomic E-state index is 12.3. The summed E-state index contributed by atoms with van der Waals surface area (Å²) in [6, 6.07) is 6.71. The average Bonchev–Trinajstić information content (AvgIpc) is 2.44. The van der Waals surface area contributed by atoms with Crippen molar-refractivity contribution in [3.63, 3.8) is 0 Å². The normalized spacial score (nSPS) is 14.6. The van der Waals surface area contributed by atoms with Gasteiger partial charge in [0.15, 0.2) is 5.78 Å². The fourth-order valence-corrected chi connectivity index (χ4v) is 2.79. The molecule has 0 unspecified atom stereocenters. The number of ketones is 2. The van der Waals surface area contributed by atoms with Gasteiger partial charge in [-0.1, -0.05) is 36.0 Å². The molecule has 0 aliphatic heterocycles. The van der Waals surface area contributed by atoms with E-state index in [9.17, 15) is 14.4 Å². The number of rotatable bonds is 4. The second kappa shape index (κ2) is 6.54. The molecule has 0 atom stereocenters. The molecule has 0 radical (unpaired) electrons. The SMILES string of the molecule is CCOC(=O)/C=C(/C)SC1=CC(=O)c2ccccc2C1=O. The highest BCUT2D eigenvalue weighted by Gasteiger charge is 2.25. The van der Waals surface area contributed by atoms with Crippen LogP contribution in [0.3, 0.4) is 0 Å². The minimum atomic E-state index is -0.460. The third-order valence-corrected chi connectivity index (χ3v) is 3.76. The van der Waals surface area contributed by atoms with Crippen LogP contribution >= 0.6 is 11.8 Å². The van der Waals surface area contributed by atoms with Gasteiger partial charge < -0.3 is 4.74 Å². The molecule has 0 heterocycles. The van der Waals surface area contributed by atoms with Crippen LogP contribution in [0.2, 0.25) is 0 Å². The summed E-state index contributed by atoms with van der Waals surface area (Å²) in [7, 11) is 0. The Morgan fingerprint density at radius 3 is 2.57 bits per heavy atom. The zero-order chi connectivity index (χ0) is 15.4.